The van der Waals surface area contributed by atoms with Crippen LogP contribution in [-0.2, 0) is 0 Å². The average Bonchev–Trinajstić information content (AvgIpc) is 3.83. The van der Waals surface area contributed by atoms with E-state index < -0.39 is 0 Å². The number of rotatable bonds is 6. The molecule has 0 aliphatic carbocycles. The van der Waals surface area contributed by atoms with E-state index >= 15 is 0 Å². The molecule has 0 spiro atoms. The molecule has 0 aliphatic rings. The molecule has 4 nitrogen and oxygen atoms in total. The van der Waals surface area contributed by atoms with Crippen molar-refractivity contribution in [2.45, 2.75) is 0 Å². The van der Waals surface area contributed by atoms with Crippen molar-refractivity contribution in [2.75, 3.05) is 0 Å². The molecule has 8 aromatic carbocycles. The molecule has 56 heavy (non-hydrogen) atoms. The second-order valence-corrected chi connectivity index (χ2v) is 14.2. The maximum atomic E-state index is 6.56. The zero-order valence-electron chi connectivity index (χ0n) is 30.3. The van der Waals surface area contributed by atoms with E-state index in [-0.39, 0.29) is 0 Å². The van der Waals surface area contributed by atoms with Crippen molar-refractivity contribution in [2.24, 2.45) is 0 Å². The van der Waals surface area contributed by atoms with Crippen molar-refractivity contribution in [3.05, 3.63) is 200 Å². The Morgan fingerprint density at radius 1 is 0.375 bits per heavy atom. The van der Waals surface area contributed by atoms with E-state index in [0.717, 1.165) is 88.6 Å². The van der Waals surface area contributed by atoms with Gasteiger partial charge in [0.15, 0.2) is 5.82 Å². The van der Waals surface area contributed by atoms with Gasteiger partial charge < -0.3 is 8.98 Å². The van der Waals surface area contributed by atoms with Crippen LogP contribution in [-0.4, -0.2) is 14.5 Å². The lowest BCUT2D eigenvalue weighted by Gasteiger charge is -2.13. The first-order chi connectivity index (χ1) is 27.8. The molecule has 11 aromatic rings. The largest absolute Gasteiger partial charge is 0.455 e. The topological polar surface area (TPSA) is 43.9 Å². The quantitative estimate of drug-likeness (QED) is 0.172. The van der Waals surface area contributed by atoms with Gasteiger partial charge in [0.1, 0.15) is 11.2 Å². The van der Waals surface area contributed by atoms with Crippen LogP contribution in [0.25, 0.3) is 106 Å². The van der Waals surface area contributed by atoms with Crippen LogP contribution in [0.15, 0.2) is 205 Å². The first-order valence-electron chi connectivity index (χ1n) is 18.9. The number of hydrogen-bond acceptors (Lipinski definition) is 3. The predicted molar refractivity (Wildman–Crippen MR) is 231 cm³/mol. The highest BCUT2D eigenvalue weighted by molar-refractivity contribution is 6.16. The number of benzene rings is 8. The van der Waals surface area contributed by atoms with Crippen molar-refractivity contribution >= 4 is 43.7 Å². The van der Waals surface area contributed by atoms with Crippen molar-refractivity contribution in [1.82, 2.24) is 14.5 Å². The minimum absolute atomic E-state index is 0.691. The molecular formula is C52H33N3O. The lowest BCUT2D eigenvalue weighted by Crippen LogP contribution is -1.97. The van der Waals surface area contributed by atoms with E-state index in [9.17, 15) is 0 Å². The fourth-order valence-electron chi connectivity index (χ4n) is 8.20. The van der Waals surface area contributed by atoms with Crippen LogP contribution >= 0.6 is 0 Å². The van der Waals surface area contributed by atoms with Crippen LogP contribution in [0, 0.1) is 0 Å². The van der Waals surface area contributed by atoms with E-state index in [1.54, 1.807) is 0 Å². The van der Waals surface area contributed by atoms with Crippen molar-refractivity contribution < 1.29 is 4.42 Å². The highest BCUT2D eigenvalue weighted by Gasteiger charge is 2.21. The van der Waals surface area contributed by atoms with Crippen LogP contribution in [0.1, 0.15) is 0 Å². The monoisotopic (exact) mass is 715 g/mol. The predicted octanol–water partition coefficient (Wildman–Crippen LogP) is 13.8. The highest BCUT2D eigenvalue weighted by Crippen LogP contribution is 2.43. The first-order valence-corrected chi connectivity index (χ1v) is 18.9. The number of aromatic nitrogens is 3. The fraction of sp³-hybridized carbons (Fsp3) is 0. The van der Waals surface area contributed by atoms with E-state index in [1.165, 1.54) is 11.1 Å². The van der Waals surface area contributed by atoms with Gasteiger partial charge in [-0.05, 0) is 53.1 Å². The molecule has 0 saturated carbocycles. The number of para-hydroxylation sites is 2. The normalized spacial score (nSPS) is 11.6. The summed E-state index contributed by atoms with van der Waals surface area (Å²) >= 11 is 0. The van der Waals surface area contributed by atoms with Gasteiger partial charge in [-0.2, -0.15) is 0 Å². The molecule has 3 heterocycles. The first kappa shape index (κ1) is 31.9. The molecular weight excluding hydrogens is 683 g/mol. The molecule has 0 bridgehead atoms. The van der Waals surface area contributed by atoms with Crippen LogP contribution < -0.4 is 0 Å². The molecule has 11 rings (SSSR count). The van der Waals surface area contributed by atoms with Crippen LogP contribution in [0.5, 0.6) is 0 Å². The van der Waals surface area contributed by atoms with Gasteiger partial charge in [0.25, 0.3) is 0 Å². The third kappa shape index (κ3) is 5.31. The lowest BCUT2D eigenvalue weighted by molar-refractivity contribution is 0.670. The zero-order chi connectivity index (χ0) is 37.0. The summed E-state index contributed by atoms with van der Waals surface area (Å²) in [5.74, 6) is 0.691. The Morgan fingerprint density at radius 3 is 1.73 bits per heavy atom. The van der Waals surface area contributed by atoms with Crippen molar-refractivity contribution in [1.29, 1.82) is 0 Å². The molecule has 0 radical (unpaired) electrons. The SMILES string of the molecule is c1ccc(-c2ccc(-c3cc(-c4cccc5c4c4ccccc4n5-c4cc(-c5ccccc5)c5oc6ccccc6c5c4)nc(-c4ccccc4)n3)cc2)cc1. The second-order valence-electron chi connectivity index (χ2n) is 14.2. The Morgan fingerprint density at radius 2 is 0.964 bits per heavy atom. The molecule has 0 N–H and O–H groups in total. The summed E-state index contributed by atoms with van der Waals surface area (Å²) in [5, 5.41) is 4.49. The summed E-state index contributed by atoms with van der Waals surface area (Å²) in [4.78, 5) is 10.5. The number of furan rings is 1. The van der Waals surface area contributed by atoms with Gasteiger partial charge in [-0.25, -0.2) is 9.97 Å². The summed E-state index contributed by atoms with van der Waals surface area (Å²) in [7, 11) is 0. The molecule has 4 heteroatoms. The summed E-state index contributed by atoms with van der Waals surface area (Å²) in [5.41, 5.74) is 14.4. The van der Waals surface area contributed by atoms with Gasteiger partial charge in [-0.1, -0.05) is 164 Å². The second kappa shape index (κ2) is 13.1. The fourth-order valence-corrected chi connectivity index (χ4v) is 8.20. The Kier molecular flexibility index (Phi) is 7.46. The summed E-state index contributed by atoms with van der Waals surface area (Å²) < 4.78 is 8.96. The maximum absolute atomic E-state index is 6.56. The summed E-state index contributed by atoms with van der Waals surface area (Å²) in [6.07, 6.45) is 0. The third-order valence-electron chi connectivity index (χ3n) is 10.8. The van der Waals surface area contributed by atoms with Gasteiger partial charge in [0.2, 0.25) is 0 Å². The Balaban J connectivity index is 1.15. The number of hydrogen-bond donors (Lipinski definition) is 0. The molecule has 262 valence electrons. The molecule has 0 fully saturated rings. The Bertz CT molecular complexity index is 3220. The zero-order valence-corrected chi connectivity index (χ0v) is 30.3. The van der Waals surface area contributed by atoms with E-state index in [0.29, 0.717) is 5.82 Å². The van der Waals surface area contributed by atoms with E-state index in [4.69, 9.17) is 14.4 Å². The Labute approximate surface area is 323 Å². The van der Waals surface area contributed by atoms with E-state index in [1.807, 2.05) is 36.4 Å². The van der Waals surface area contributed by atoms with Gasteiger partial charge in [-0.15, -0.1) is 0 Å². The van der Waals surface area contributed by atoms with Gasteiger partial charge in [0.05, 0.1) is 22.4 Å². The van der Waals surface area contributed by atoms with Gasteiger partial charge >= 0.3 is 0 Å². The van der Waals surface area contributed by atoms with Crippen LogP contribution in [0.4, 0.5) is 0 Å². The molecule has 0 saturated heterocycles. The van der Waals surface area contributed by atoms with Gasteiger partial charge in [-0.3, -0.25) is 0 Å². The summed E-state index contributed by atoms with van der Waals surface area (Å²) in [6, 6.07) is 70.2. The summed E-state index contributed by atoms with van der Waals surface area (Å²) in [6.45, 7) is 0. The van der Waals surface area contributed by atoms with Gasteiger partial charge in [0, 0.05) is 49.5 Å². The molecule has 0 amide bonds. The molecule has 0 atom stereocenters. The lowest BCUT2D eigenvalue weighted by atomic mass is 10.00. The van der Waals surface area contributed by atoms with Crippen molar-refractivity contribution in [3.63, 3.8) is 0 Å². The number of fused-ring (bicyclic) bond motifs is 6. The average molecular weight is 716 g/mol. The van der Waals surface area contributed by atoms with Crippen LogP contribution in [0.2, 0.25) is 0 Å². The highest BCUT2D eigenvalue weighted by atomic mass is 16.3. The van der Waals surface area contributed by atoms with Crippen molar-refractivity contribution in [3.8, 4) is 61.8 Å². The number of nitrogens with zero attached hydrogens (tertiary/aromatic N) is 3. The minimum atomic E-state index is 0.691. The third-order valence-corrected chi connectivity index (χ3v) is 10.8. The van der Waals surface area contributed by atoms with E-state index in [2.05, 4.69) is 168 Å². The molecule has 0 unspecified atom stereocenters. The molecule has 0 aliphatic heterocycles. The minimum Gasteiger partial charge on any atom is -0.455 e. The smallest absolute Gasteiger partial charge is 0.160 e. The van der Waals surface area contributed by atoms with Crippen LogP contribution in [0.3, 0.4) is 0 Å². The molecule has 3 aromatic heterocycles. The Hall–Kier alpha value is -7.56. The maximum Gasteiger partial charge on any atom is 0.160 e. The standard InChI is InChI=1S/C52H33N3O/c1-4-15-34(16-5-1)35-27-29-37(30-28-35)45-33-46(54-52(53-45)38-19-8-3-9-20-38)41-23-14-25-48-50(41)42-22-10-12-24-47(42)55(48)39-31-43(36-17-6-2-7-18-36)51-44(32-39)40-21-11-13-26-49(40)56-51/h1-33H.